The lowest BCUT2D eigenvalue weighted by atomic mass is 10.0. The number of azide groups is 1. The van der Waals surface area contributed by atoms with Crippen LogP contribution in [0.15, 0.2) is 29.4 Å². The van der Waals surface area contributed by atoms with Crippen molar-refractivity contribution in [1.82, 2.24) is 37.2 Å². The molecule has 0 saturated heterocycles. The molecule has 1 aromatic carbocycles. The largest absolute Gasteiger partial charge is 0.481 e. The van der Waals surface area contributed by atoms with Crippen molar-refractivity contribution in [2.24, 2.45) is 5.11 Å². The molecule has 0 heterocycles. The van der Waals surface area contributed by atoms with E-state index in [1.54, 1.807) is 0 Å². The van der Waals surface area contributed by atoms with Crippen molar-refractivity contribution < 1.29 is 83.4 Å². The Bertz CT molecular complexity index is 1800. The summed E-state index contributed by atoms with van der Waals surface area (Å²) < 4.78 is 0. The van der Waals surface area contributed by atoms with Crippen molar-refractivity contribution in [2.45, 2.75) is 120 Å². The van der Waals surface area contributed by atoms with E-state index in [0.29, 0.717) is 0 Å². The number of carbonyl (C=O) groups is 11. The summed E-state index contributed by atoms with van der Waals surface area (Å²) in [4.78, 5) is 133. The van der Waals surface area contributed by atoms with Gasteiger partial charge in [0.2, 0.25) is 11.8 Å². The Hall–Kier alpha value is -7.70. The Morgan fingerprint density at radius 3 is 1.20 bits per heavy atom. The van der Waals surface area contributed by atoms with Gasteiger partial charge in [-0.25, -0.2) is 28.8 Å². The predicted molar refractivity (Wildman–Crippen MR) is 221 cm³/mol. The fourth-order valence-electron chi connectivity index (χ4n) is 5.76. The number of carboxylic acids is 6. The van der Waals surface area contributed by atoms with Gasteiger partial charge < -0.3 is 67.9 Å². The molecule has 4 unspecified atom stereocenters. The van der Waals surface area contributed by atoms with Gasteiger partial charge in [0.15, 0.2) is 0 Å². The Morgan fingerprint density at radius 2 is 0.862 bits per heavy atom. The fourth-order valence-corrected chi connectivity index (χ4v) is 5.76. The van der Waals surface area contributed by atoms with E-state index in [-0.39, 0.29) is 88.5 Å². The number of nitrogens with one attached hydrogen (secondary N) is 7. The normalized spacial score (nSPS) is 12.8. The predicted octanol–water partition coefficient (Wildman–Crippen LogP) is 1.00. The van der Waals surface area contributed by atoms with Gasteiger partial charge >= 0.3 is 47.9 Å². The number of amides is 7. The molecule has 0 bridgehead atoms. The third kappa shape index (κ3) is 25.1. The average molecular weight is 923 g/mol. The van der Waals surface area contributed by atoms with Crippen molar-refractivity contribution in [3.63, 3.8) is 0 Å². The van der Waals surface area contributed by atoms with Crippen LogP contribution in [0.5, 0.6) is 0 Å². The summed E-state index contributed by atoms with van der Waals surface area (Å²) in [6.45, 7) is 0.196. The number of hydrogen-bond donors (Lipinski definition) is 13. The Morgan fingerprint density at radius 1 is 0.492 bits per heavy atom. The first-order chi connectivity index (χ1) is 30.7. The zero-order chi connectivity index (χ0) is 48.9. The summed E-state index contributed by atoms with van der Waals surface area (Å²) in [5.74, 6) is -9.84. The molecule has 4 atom stereocenters. The van der Waals surface area contributed by atoms with Crippen LogP contribution in [-0.4, -0.2) is 140 Å². The second-order valence-corrected chi connectivity index (χ2v) is 14.3. The molecular weight excluding hydrogens is 868 g/mol. The van der Waals surface area contributed by atoms with Crippen LogP contribution in [0.1, 0.15) is 100 Å². The number of unbranched alkanes of at least 4 members (excludes halogenated alkanes) is 2. The summed E-state index contributed by atoms with van der Waals surface area (Å²) in [6, 6.07) is -3.29. The molecule has 358 valence electrons. The number of carbonyl (C=O) groups excluding carboxylic acids is 5. The maximum atomic E-state index is 13.1. The number of nitrogens with zero attached hydrogens (tertiary/aromatic N) is 3. The second-order valence-electron chi connectivity index (χ2n) is 14.3. The van der Waals surface area contributed by atoms with Gasteiger partial charge in [0.05, 0.1) is 0 Å². The molecular formula is C38H54N10O17. The van der Waals surface area contributed by atoms with E-state index in [1.165, 1.54) is 24.3 Å². The molecule has 0 aliphatic heterocycles. The zero-order valence-electron chi connectivity index (χ0n) is 35.0. The molecule has 27 nitrogen and oxygen atoms in total. The first kappa shape index (κ1) is 55.3. The van der Waals surface area contributed by atoms with Crippen LogP contribution in [0, 0.1) is 0 Å². The van der Waals surface area contributed by atoms with E-state index in [0.717, 1.165) is 0 Å². The highest BCUT2D eigenvalue weighted by atomic mass is 16.4. The molecule has 0 spiro atoms. The molecule has 13 N–H and O–H groups in total. The molecule has 1 aromatic rings. The Balaban J connectivity index is 2.70. The zero-order valence-corrected chi connectivity index (χ0v) is 35.0. The van der Waals surface area contributed by atoms with Crippen LogP contribution in [0.2, 0.25) is 0 Å². The summed E-state index contributed by atoms with van der Waals surface area (Å²) in [6.07, 6.45) is -1.27. The first-order valence-corrected chi connectivity index (χ1v) is 20.2. The van der Waals surface area contributed by atoms with Crippen molar-refractivity contribution in [3.8, 4) is 0 Å². The minimum Gasteiger partial charge on any atom is -0.481 e. The van der Waals surface area contributed by atoms with E-state index in [9.17, 15) is 73.2 Å². The highest BCUT2D eigenvalue weighted by molar-refractivity contribution is 5.95. The maximum absolute atomic E-state index is 13.1. The molecule has 0 saturated carbocycles. The quantitative estimate of drug-likeness (QED) is 0.0202. The number of aliphatic carboxylic acids is 6. The molecule has 7 amide bonds. The van der Waals surface area contributed by atoms with E-state index >= 15 is 0 Å². The highest BCUT2D eigenvalue weighted by Gasteiger charge is 2.26. The molecule has 0 fully saturated rings. The first-order valence-electron chi connectivity index (χ1n) is 20.2. The van der Waals surface area contributed by atoms with Crippen LogP contribution in [-0.2, 0) is 38.4 Å². The van der Waals surface area contributed by atoms with Gasteiger partial charge in [-0.3, -0.25) is 24.0 Å². The van der Waals surface area contributed by atoms with Crippen LogP contribution < -0.4 is 37.2 Å². The van der Waals surface area contributed by atoms with Gasteiger partial charge in [0.25, 0.3) is 5.91 Å². The van der Waals surface area contributed by atoms with Gasteiger partial charge in [-0.2, -0.15) is 0 Å². The number of carboxylic acid groups (broad SMARTS) is 6. The molecule has 27 heteroatoms. The molecule has 0 aliphatic carbocycles. The minimum atomic E-state index is -1.57. The lowest BCUT2D eigenvalue weighted by Crippen LogP contribution is -2.51. The maximum Gasteiger partial charge on any atom is 0.326 e. The van der Waals surface area contributed by atoms with Crippen LogP contribution in [0.3, 0.4) is 0 Å². The van der Waals surface area contributed by atoms with Gasteiger partial charge in [0, 0.05) is 61.0 Å². The summed E-state index contributed by atoms with van der Waals surface area (Å²) in [7, 11) is 0. The molecule has 65 heavy (non-hydrogen) atoms. The van der Waals surface area contributed by atoms with E-state index in [2.05, 4.69) is 36.6 Å². The van der Waals surface area contributed by atoms with E-state index in [1.807, 2.05) is 10.6 Å². The van der Waals surface area contributed by atoms with Crippen molar-refractivity contribution in [2.75, 3.05) is 13.1 Å². The van der Waals surface area contributed by atoms with Gasteiger partial charge in [-0.05, 0) is 81.9 Å². The summed E-state index contributed by atoms with van der Waals surface area (Å²) in [5, 5.41) is 74.8. The monoisotopic (exact) mass is 922 g/mol. The van der Waals surface area contributed by atoms with E-state index in [4.69, 9.17) is 15.7 Å². The average Bonchev–Trinajstić information content (AvgIpc) is 3.23. The van der Waals surface area contributed by atoms with Crippen molar-refractivity contribution >= 4 is 71.3 Å². The topological polar surface area (TPSA) is 442 Å². The lowest BCUT2D eigenvalue weighted by molar-refractivity contribution is -0.142. The third-order valence-electron chi connectivity index (χ3n) is 9.26. The summed E-state index contributed by atoms with van der Waals surface area (Å²) in [5.41, 5.74) is 9.09. The third-order valence-corrected chi connectivity index (χ3v) is 9.26. The second kappa shape index (κ2) is 30.4. The number of rotatable bonds is 33. The lowest BCUT2D eigenvalue weighted by Gasteiger charge is -2.19. The highest BCUT2D eigenvalue weighted by Crippen LogP contribution is 2.15. The molecule has 0 radical (unpaired) electrons. The van der Waals surface area contributed by atoms with Crippen LogP contribution >= 0.6 is 0 Å². The molecule has 0 aliphatic rings. The number of urea groups is 2. The van der Waals surface area contributed by atoms with Crippen LogP contribution in [0.25, 0.3) is 10.4 Å². The van der Waals surface area contributed by atoms with Gasteiger partial charge in [0.1, 0.15) is 24.2 Å². The van der Waals surface area contributed by atoms with E-state index < -0.39 is 121 Å². The van der Waals surface area contributed by atoms with Crippen LogP contribution in [0.4, 0.5) is 15.3 Å². The van der Waals surface area contributed by atoms with Gasteiger partial charge in [-0.15, -0.1) is 0 Å². The fraction of sp³-hybridized carbons (Fsp3) is 0.553. The van der Waals surface area contributed by atoms with Crippen molar-refractivity contribution in [1.29, 1.82) is 0 Å². The van der Waals surface area contributed by atoms with Crippen molar-refractivity contribution in [3.05, 3.63) is 40.3 Å². The molecule has 1 rings (SSSR count). The minimum absolute atomic E-state index is 0.0789. The smallest absolute Gasteiger partial charge is 0.326 e. The SMILES string of the molecule is [N-]=[N+]=Nc1ccc(C(=O)NC(CCC(=O)NCCCCC(NC(=O)NC(CCC(=O)O)C(=O)O)C(=O)O)CCC(=O)NCCCCC(NC(=O)NC(CCC(=O)O)C(=O)O)C(=O)O)cc1. The Labute approximate surface area is 370 Å². The number of benzene rings is 1. The Kier molecular flexibility index (Phi) is 25.8. The summed E-state index contributed by atoms with van der Waals surface area (Å²) >= 11 is 0. The molecule has 0 aromatic heterocycles. The van der Waals surface area contributed by atoms with Gasteiger partial charge in [-0.1, -0.05) is 17.2 Å². The number of hydrogen-bond acceptors (Lipinski definition) is 12. The standard InChI is InChI=1S/C38H54N10O17/c39-48-47-23-9-7-21(8-10-23)32(55)42-22(11-15-28(49)40-19-3-1-5-24(33(56)57)43-37(64)45-26(35(60)61)13-17-30(51)52)12-16-29(50)41-20-4-2-6-25(34(58)59)44-38(65)46-27(36(62)63)14-18-31(53)54/h7-10,22,24-27H,1-6,11-20H2,(H,40,49)(H,41,50)(H,42,55)(H,51,52)(H,53,54)(H,56,57)(H,58,59)(H,60,61)(H,62,63)(H2,43,45,64)(H2,44,46,65).